The van der Waals surface area contributed by atoms with Gasteiger partial charge < -0.3 is 14.4 Å². The molecule has 0 fully saturated rings. The normalized spacial score (nSPS) is 11.1. The number of rotatable bonds is 8. The summed E-state index contributed by atoms with van der Waals surface area (Å²) in [4.78, 5) is 11.5. The van der Waals surface area contributed by atoms with Gasteiger partial charge in [-0.15, -0.1) is 5.10 Å². The SMILES string of the molecule is CCCN(CCC)c1nc(C)nc2c1nnn2-c1c(Cl)cc(OC)cc1OC. The van der Waals surface area contributed by atoms with Gasteiger partial charge in [-0.25, -0.2) is 9.97 Å². The van der Waals surface area contributed by atoms with Gasteiger partial charge in [-0.2, -0.15) is 4.68 Å². The zero-order valence-corrected chi connectivity index (χ0v) is 17.6. The third-order valence-corrected chi connectivity index (χ3v) is 4.64. The van der Waals surface area contributed by atoms with Crippen molar-refractivity contribution in [1.29, 1.82) is 0 Å². The number of halogens is 1. The van der Waals surface area contributed by atoms with E-state index in [9.17, 15) is 0 Å². The van der Waals surface area contributed by atoms with Crippen LogP contribution < -0.4 is 14.4 Å². The van der Waals surface area contributed by atoms with E-state index in [4.69, 9.17) is 21.1 Å². The highest BCUT2D eigenvalue weighted by Gasteiger charge is 2.22. The van der Waals surface area contributed by atoms with E-state index in [1.807, 2.05) is 6.92 Å². The van der Waals surface area contributed by atoms with E-state index in [0.29, 0.717) is 39.2 Å². The molecule has 2 heterocycles. The Bertz CT molecular complexity index is 969. The largest absolute Gasteiger partial charge is 0.497 e. The Kier molecular flexibility index (Phi) is 6.18. The summed E-state index contributed by atoms with van der Waals surface area (Å²) >= 11 is 6.52. The van der Waals surface area contributed by atoms with E-state index in [1.165, 1.54) is 0 Å². The molecule has 0 spiro atoms. The summed E-state index contributed by atoms with van der Waals surface area (Å²) in [6.45, 7) is 7.93. The zero-order valence-electron chi connectivity index (χ0n) is 16.9. The number of hydrogen-bond acceptors (Lipinski definition) is 7. The first-order valence-electron chi connectivity index (χ1n) is 9.30. The highest BCUT2D eigenvalue weighted by atomic mass is 35.5. The van der Waals surface area contributed by atoms with Gasteiger partial charge in [-0.3, -0.25) is 0 Å². The second-order valence-corrected chi connectivity index (χ2v) is 6.82. The number of anilines is 1. The maximum atomic E-state index is 6.52. The lowest BCUT2D eigenvalue weighted by Gasteiger charge is -2.22. The molecule has 3 aromatic rings. The highest BCUT2D eigenvalue weighted by Crippen LogP contribution is 2.36. The molecule has 3 rings (SSSR count). The van der Waals surface area contributed by atoms with Crippen molar-refractivity contribution in [3.63, 3.8) is 0 Å². The van der Waals surface area contributed by atoms with Crippen LogP contribution in [0.2, 0.25) is 5.02 Å². The van der Waals surface area contributed by atoms with Crippen molar-refractivity contribution in [2.75, 3.05) is 32.2 Å². The van der Waals surface area contributed by atoms with Gasteiger partial charge in [0.15, 0.2) is 17.0 Å². The molecule has 0 amide bonds. The Morgan fingerprint density at radius 3 is 2.39 bits per heavy atom. The summed E-state index contributed by atoms with van der Waals surface area (Å²) in [7, 11) is 3.15. The first-order chi connectivity index (χ1) is 13.5. The van der Waals surface area contributed by atoms with Gasteiger partial charge >= 0.3 is 0 Å². The molecule has 8 nitrogen and oxygen atoms in total. The summed E-state index contributed by atoms with van der Waals surface area (Å²) in [6.07, 6.45) is 2.02. The Balaban J connectivity index is 2.23. The molecule has 0 N–H and O–H groups in total. The van der Waals surface area contributed by atoms with E-state index >= 15 is 0 Å². The molecule has 0 bridgehead atoms. The molecule has 0 radical (unpaired) electrons. The van der Waals surface area contributed by atoms with Crippen LogP contribution in [0.3, 0.4) is 0 Å². The minimum atomic E-state index is 0.430. The summed E-state index contributed by atoms with van der Waals surface area (Å²) in [5.74, 6) is 2.56. The van der Waals surface area contributed by atoms with Gasteiger partial charge in [-0.05, 0) is 19.8 Å². The fourth-order valence-electron chi connectivity index (χ4n) is 3.17. The van der Waals surface area contributed by atoms with E-state index in [0.717, 1.165) is 31.7 Å². The van der Waals surface area contributed by atoms with Crippen molar-refractivity contribution in [3.8, 4) is 17.2 Å². The van der Waals surface area contributed by atoms with Crippen LogP contribution in [-0.2, 0) is 0 Å². The topological polar surface area (TPSA) is 78.2 Å². The van der Waals surface area contributed by atoms with Gasteiger partial charge in [0, 0.05) is 25.2 Å². The van der Waals surface area contributed by atoms with E-state index in [2.05, 4.69) is 39.0 Å². The maximum Gasteiger partial charge on any atom is 0.189 e. The predicted molar refractivity (Wildman–Crippen MR) is 110 cm³/mol. The molecule has 28 heavy (non-hydrogen) atoms. The molecule has 1 aromatic carbocycles. The lowest BCUT2D eigenvalue weighted by atomic mass is 10.2. The summed E-state index contributed by atoms with van der Waals surface area (Å²) in [6, 6.07) is 3.46. The van der Waals surface area contributed by atoms with Gasteiger partial charge in [-0.1, -0.05) is 30.7 Å². The molecule has 0 atom stereocenters. The first-order valence-corrected chi connectivity index (χ1v) is 9.68. The number of hydrogen-bond donors (Lipinski definition) is 0. The number of aryl methyl sites for hydroxylation is 1. The van der Waals surface area contributed by atoms with Crippen molar-refractivity contribution in [2.24, 2.45) is 0 Å². The van der Waals surface area contributed by atoms with Crippen molar-refractivity contribution in [2.45, 2.75) is 33.6 Å². The monoisotopic (exact) mass is 404 g/mol. The molecule has 0 aliphatic rings. The van der Waals surface area contributed by atoms with Crippen molar-refractivity contribution in [1.82, 2.24) is 25.0 Å². The van der Waals surface area contributed by atoms with Crippen LogP contribution in [0.25, 0.3) is 16.9 Å². The number of fused-ring (bicyclic) bond motifs is 1. The molecule has 9 heteroatoms. The van der Waals surface area contributed by atoms with Crippen molar-refractivity contribution in [3.05, 3.63) is 23.0 Å². The molecular formula is C19H25ClN6O2. The van der Waals surface area contributed by atoms with Crippen molar-refractivity contribution < 1.29 is 9.47 Å². The van der Waals surface area contributed by atoms with E-state index < -0.39 is 0 Å². The van der Waals surface area contributed by atoms with Crippen LogP contribution in [0.15, 0.2) is 12.1 Å². The van der Waals surface area contributed by atoms with Gasteiger partial charge in [0.25, 0.3) is 0 Å². The number of ether oxygens (including phenoxy) is 2. The van der Waals surface area contributed by atoms with Crippen LogP contribution in [0.4, 0.5) is 5.82 Å². The average molecular weight is 405 g/mol. The lowest BCUT2D eigenvalue weighted by Crippen LogP contribution is -2.26. The van der Waals surface area contributed by atoms with Gasteiger partial charge in [0.1, 0.15) is 23.0 Å². The molecule has 0 aliphatic carbocycles. The standard InChI is InChI=1S/C19H25ClN6O2/c1-6-8-25(9-7-2)18-16-19(22-12(3)21-18)26(24-23-16)17-14(20)10-13(27-4)11-15(17)28-5/h10-11H,6-9H2,1-5H3. The van der Waals surface area contributed by atoms with Crippen LogP contribution in [0.5, 0.6) is 11.5 Å². The maximum absolute atomic E-state index is 6.52. The van der Waals surface area contributed by atoms with Crippen LogP contribution in [-0.4, -0.2) is 52.3 Å². The van der Waals surface area contributed by atoms with E-state index in [1.54, 1.807) is 31.0 Å². The molecule has 0 aliphatic heterocycles. The Hall–Kier alpha value is -2.61. The zero-order chi connectivity index (χ0) is 20.3. The van der Waals surface area contributed by atoms with E-state index in [-0.39, 0.29) is 0 Å². The fraction of sp³-hybridized carbons (Fsp3) is 0.474. The second-order valence-electron chi connectivity index (χ2n) is 6.42. The first kappa shape index (κ1) is 20.1. The van der Waals surface area contributed by atoms with Crippen LogP contribution in [0.1, 0.15) is 32.5 Å². The van der Waals surface area contributed by atoms with Crippen LogP contribution in [0, 0.1) is 6.92 Å². The number of benzene rings is 1. The fourth-order valence-corrected chi connectivity index (χ4v) is 3.45. The Labute approximate surface area is 169 Å². The molecule has 150 valence electrons. The molecular weight excluding hydrogens is 380 g/mol. The van der Waals surface area contributed by atoms with Gasteiger partial charge in [0.2, 0.25) is 0 Å². The van der Waals surface area contributed by atoms with Gasteiger partial charge in [0.05, 0.1) is 19.2 Å². The number of aromatic nitrogens is 5. The average Bonchev–Trinajstić information content (AvgIpc) is 3.09. The predicted octanol–water partition coefficient (Wildman–Crippen LogP) is 3.82. The molecule has 0 unspecified atom stereocenters. The van der Waals surface area contributed by atoms with Crippen LogP contribution >= 0.6 is 11.6 Å². The summed E-state index contributed by atoms with van der Waals surface area (Å²) in [5.41, 5.74) is 1.79. The Morgan fingerprint density at radius 2 is 1.79 bits per heavy atom. The molecule has 0 saturated heterocycles. The third-order valence-electron chi connectivity index (χ3n) is 4.35. The Morgan fingerprint density at radius 1 is 1.07 bits per heavy atom. The smallest absolute Gasteiger partial charge is 0.189 e. The third kappa shape index (κ3) is 3.69. The minimum Gasteiger partial charge on any atom is -0.497 e. The summed E-state index contributed by atoms with van der Waals surface area (Å²) < 4.78 is 12.4. The lowest BCUT2D eigenvalue weighted by molar-refractivity contribution is 0.392. The summed E-state index contributed by atoms with van der Waals surface area (Å²) in [5, 5.41) is 9.14. The molecule has 0 saturated carbocycles. The minimum absolute atomic E-state index is 0.430. The quantitative estimate of drug-likeness (QED) is 0.564. The number of methoxy groups -OCH3 is 2. The van der Waals surface area contributed by atoms with Crippen molar-refractivity contribution >= 4 is 28.6 Å². The highest BCUT2D eigenvalue weighted by molar-refractivity contribution is 6.33. The number of nitrogens with zero attached hydrogens (tertiary/aromatic N) is 6. The molecule has 2 aromatic heterocycles. The second kappa shape index (κ2) is 8.60.